The molecule has 0 aliphatic heterocycles. The maximum absolute atomic E-state index is 11.7. The van der Waals surface area contributed by atoms with Gasteiger partial charge in [0, 0.05) is 11.3 Å². The summed E-state index contributed by atoms with van der Waals surface area (Å²) in [5, 5.41) is 8.92. The molecule has 0 bridgehead atoms. The highest BCUT2D eigenvalue weighted by Crippen LogP contribution is 2.23. The van der Waals surface area contributed by atoms with Gasteiger partial charge in [0.1, 0.15) is 17.4 Å². The van der Waals surface area contributed by atoms with E-state index in [2.05, 4.69) is 4.98 Å². The Kier molecular flexibility index (Phi) is 4.28. The molecule has 0 fully saturated rings. The summed E-state index contributed by atoms with van der Waals surface area (Å²) in [4.78, 5) is 15.0. The van der Waals surface area contributed by atoms with E-state index in [1.165, 1.54) is 0 Å². The van der Waals surface area contributed by atoms with E-state index in [9.17, 15) is 9.35 Å². The summed E-state index contributed by atoms with van der Waals surface area (Å²) in [6.45, 7) is 3.66. The first kappa shape index (κ1) is 14.4. The number of nitrogens with one attached hydrogen (secondary N) is 1. The summed E-state index contributed by atoms with van der Waals surface area (Å²) in [6, 6.07) is 10.8. The predicted octanol–water partition coefficient (Wildman–Crippen LogP) is 2.35. The quantitative estimate of drug-likeness (QED) is 0.879. The number of nitrogens with zero attached hydrogens (tertiary/aromatic N) is 1. The van der Waals surface area contributed by atoms with Gasteiger partial charge in [-0.05, 0) is 60.9 Å². The normalized spacial score (nSPS) is 11.9. The second kappa shape index (κ2) is 5.95. The molecule has 2 rings (SSSR count). The lowest BCUT2D eigenvalue weighted by Gasteiger charge is -2.10. The fraction of sp³-hybridized carbons (Fsp3) is 0.200. The molecule has 5 heteroatoms. The van der Waals surface area contributed by atoms with Crippen LogP contribution in [0.15, 0.2) is 40.0 Å². The maximum atomic E-state index is 11.7. The largest absolute Gasteiger partial charge is 0.611 e. The van der Waals surface area contributed by atoms with E-state index in [0.717, 1.165) is 16.0 Å². The van der Waals surface area contributed by atoms with Gasteiger partial charge in [-0.1, -0.05) is 0 Å². The van der Waals surface area contributed by atoms with Crippen LogP contribution in [0.25, 0.3) is 11.1 Å². The fourth-order valence-corrected chi connectivity index (χ4v) is 2.73. The second-order valence-electron chi connectivity index (χ2n) is 4.32. The Morgan fingerprint density at radius 1 is 1.35 bits per heavy atom. The molecule has 1 atom stereocenters. The SMILES string of the molecule is CC[S+]([O-])c1ccc(-c2cc(C#N)c(=O)[nH]c2C)cc1. The highest BCUT2D eigenvalue weighted by Gasteiger charge is 2.10. The molecule has 4 nitrogen and oxygen atoms in total. The van der Waals surface area contributed by atoms with Crippen molar-refractivity contribution in [3.8, 4) is 17.2 Å². The standard InChI is InChI=1S/C15H14N2O2S/c1-3-20(19)13-6-4-11(5-7-13)14-8-12(9-16)15(18)17-10(14)2/h4-8H,3H2,1-2H3,(H,17,18). The van der Waals surface area contributed by atoms with E-state index in [4.69, 9.17) is 5.26 Å². The molecule has 1 aromatic heterocycles. The van der Waals surface area contributed by atoms with Gasteiger partial charge < -0.3 is 9.54 Å². The van der Waals surface area contributed by atoms with Crippen molar-refractivity contribution >= 4 is 11.2 Å². The van der Waals surface area contributed by atoms with Crippen LogP contribution in [-0.2, 0) is 11.2 Å². The number of benzene rings is 1. The zero-order valence-electron chi connectivity index (χ0n) is 11.3. The number of hydrogen-bond donors (Lipinski definition) is 1. The minimum atomic E-state index is -0.980. The molecular weight excluding hydrogens is 272 g/mol. The summed E-state index contributed by atoms with van der Waals surface area (Å²) in [5.41, 5.74) is 2.10. The van der Waals surface area contributed by atoms with Crippen LogP contribution in [0.3, 0.4) is 0 Å². The molecule has 1 heterocycles. The zero-order valence-corrected chi connectivity index (χ0v) is 12.1. The molecule has 20 heavy (non-hydrogen) atoms. The monoisotopic (exact) mass is 286 g/mol. The van der Waals surface area contributed by atoms with Crippen molar-refractivity contribution in [2.45, 2.75) is 18.7 Å². The molecule has 1 unspecified atom stereocenters. The predicted molar refractivity (Wildman–Crippen MR) is 78.9 cm³/mol. The molecule has 2 aromatic rings. The van der Waals surface area contributed by atoms with Crippen LogP contribution in [0.2, 0.25) is 0 Å². The van der Waals surface area contributed by atoms with Crippen LogP contribution in [0, 0.1) is 18.3 Å². The molecule has 0 amide bonds. The van der Waals surface area contributed by atoms with Crippen LogP contribution >= 0.6 is 0 Å². The summed E-state index contributed by atoms with van der Waals surface area (Å²) in [6.07, 6.45) is 0. The Balaban J connectivity index is 2.47. The first-order valence-corrected chi connectivity index (χ1v) is 7.51. The van der Waals surface area contributed by atoms with Crippen LogP contribution in [-0.4, -0.2) is 15.3 Å². The van der Waals surface area contributed by atoms with Gasteiger partial charge in [0.25, 0.3) is 5.56 Å². The highest BCUT2D eigenvalue weighted by atomic mass is 32.2. The lowest BCUT2D eigenvalue weighted by molar-refractivity contribution is 0.596. The zero-order chi connectivity index (χ0) is 14.7. The van der Waals surface area contributed by atoms with Gasteiger partial charge in [-0.3, -0.25) is 4.79 Å². The third kappa shape index (κ3) is 2.77. The molecule has 0 saturated carbocycles. The number of rotatable bonds is 3. The van der Waals surface area contributed by atoms with Gasteiger partial charge in [-0.15, -0.1) is 0 Å². The van der Waals surface area contributed by atoms with E-state index in [1.54, 1.807) is 13.0 Å². The van der Waals surface area contributed by atoms with Crippen molar-refractivity contribution in [3.63, 3.8) is 0 Å². The van der Waals surface area contributed by atoms with E-state index >= 15 is 0 Å². The van der Waals surface area contributed by atoms with E-state index in [1.807, 2.05) is 37.3 Å². The van der Waals surface area contributed by atoms with E-state index in [0.29, 0.717) is 11.4 Å². The molecule has 0 saturated heterocycles. The van der Waals surface area contributed by atoms with Crippen molar-refractivity contribution in [2.24, 2.45) is 0 Å². The van der Waals surface area contributed by atoms with Gasteiger partial charge >= 0.3 is 0 Å². The van der Waals surface area contributed by atoms with Crippen molar-refractivity contribution in [3.05, 3.63) is 51.9 Å². The molecule has 1 aromatic carbocycles. The molecule has 0 aliphatic rings. The number of aryl methyl sites for hydroxylation is 1. The first-order valence-electron chi connectivity index (χ1n) is 6.19. The van der Waals surface area contributed by atoms with Gasteiger partial charge in [0.05, 0.1) is 0 Å². The smallest absolute Gasteiger partial charge is 0.266 e. The van der Waals surface area contributed by atoms with Gasteiger partial charge in [0.2, 0.25) is 0 Å². The van der Waals surface area contributed by atoms with Crippen molar-refractivity contribution in [1.29, 1.82) is 5.26 Å². The van der Waals surface area contributed by atoms with Crippen LogP contribution in [0.1, 0.15) is 18.2 Å². The first-order chi connectivity index (χ1) is 9.56. The lowest BCUT2D eigenvalue weighted by Crippen LogP contribution is -2.12. The van der Waals surface area contributed by atoms with Gasteiger partial charge in [0.15, 0.2) is 4.90 Å². The summed E-state index contributed by atoms with van der Waals surface area (Å²) < 4.78 is 11.7. The Labute approximate surface area is 120 Å². The molecule has 0 spiro atoms. The Bertz CT molecular complexity index is 714. The highest BCUT2D eigenvalue weighted by molar-refractivity contribution is 7.91. The number of H-pyrrole nitrogens is 1. The minimum absolute atomic E-state index is 0.0896. The van der Waals surface area contributed by atoms with E-state index in [-0.39, 0.29) is 11.1 Å². The van der Waals surface area contributed by atoms with E-state index < -0.39 is 11.2 Å². The second-order valence-corrected chi connectivity index (χ2v) is 6.06. The van der Waals surface area contributed by atoms with Crippen LogP contribution in [0.5, 0.6) is 0 Å². The summed E-state index contributed by atoms with van der Waals surface area (Å²) >= 11 is -0.980. The Morgan fingerprint density at radius 3 is 2.55 bits per heavy atom. The molecule has 0 radical (unpaired) electrons. The molecule has 0 aliphatic carbocycles. The topological polar surface area (TPSA) is 79.7 Å². The lowest BCUT2D eigenvalue weighted by atomic mass is 10.0. The third-order valence-electron chi connectivity index (χ3n) is 3.05. The van der Waals surface area contributed by atoms with Crippen molar-refractivity contribution in [2.75, 3.05) is 5.75 Å². The number of pyridine rings is 1. The number of aromatic amines is 1. The average Bonchev–Trinajstić information content (AvgIpc) is 2.47. The third-order valence-corrected chi connectivity index (χ3v) is 4.37. The average molecular weight is 286 g/mol. The number of nitriles is 1. The van der Waals surface area contributed by atoms with Crippen LogP contribution in [0.4, 0.5) is 0 Å². The minimum Gasteiger partial charge on any atom is -0.611 e. The van der Waals surface area contributed by atoms with Gasteiger partial charge in [-0.2, -0.15) is 5.26 Å². The Hall–Kier alpha value is -2.03. The molecular formula is C15H14N2O2S. The number of aromatic nitrogens is 1. The fourth-order valence-electron chi connectivity index (χ4n) is 1.96. The maximum Gasteiger partial charge on any atom is 0.266 e. The Morgan fingerprint density at radius 2 is 2.00 bits per heavy atom. The summed E-state index contributed by atoms with van der Waals surface area (Å²) in [7, 11) is 0. The van der Waals surface area contributed by atoms with Crippen molar-refractivity contribution < 1.29 is 4.55 Å². The summed E-state index contributed by atoms with van der Waals surface area (Å²) in [5.74, 6) is 0.579. The van der Waals surface area contributed by atoms with Crippen LogP contribution < -0.4 is 5.56 Å². The van der Waals surface area contributed by atoms with Crippen molar-refractivity contribution in [1.82, 2.24) is 4.98 Å². The number of hydrogen-bond acceptors (Lipinski definition) is 3. The molecule has 102 valence electrons. The molecule has 1 N–H and O–H groups in total. The van der Waals surface area contributed by atoms with Gasteiger partial charge in [-0.25, -0.2) is 0 Å².